The molecule has 0 saturated heterocycles. The second-order valence-corrected chi connectivity index (χ2v) is 2.79. The van der Waals surface area contributed by atoms with E-state index in [1.165, 1.54) is 0 Å². The van der Waals surface area contributed by atoms with Crippen molar-refractivity contribution in [3.63, 3.8) is 0 Å². The van der Waals surface area contributed by atoms with Gasteiger partial charge in [-0.1, -0.05) is 0 Å². The van der Waals surface area contributed by atoms with Crippen LogP contribution in [0.4, 0.5) is 0 Å². The fraction of sp³-hybridized carbons (Fsp3) is 0.375. The zero-order valence-electron chi connectivity index (χ0n) is 6.70. The van der Waals surface area contributed by atoms with E-state index in [0.717, 1.165) is 12.7 Å². The highest BCUT2D eigenvalue weighted by molar-refractivity contribution is 7.07. The van der Waals surface area contributed by atoms with Crippen molar-refractivity contribution in [2.45, 2.75) is 13.3 Å². The van der Waals surface area contributed by atoms with Crippen LogP contribution in [0.25, 0.3) is 0 Å². The van der Waals surface area contributed by atoms with Gasteiger partial charge in [-0.25, -0.2) is 0 Å². The lowest BCUT2D eigenvalue weighted by molar-refractivity contribution is -0.116. The summed E-state index contributed by atoms with van der Waals surface area (Å²) in [4.78, 5) is 10.5. The minimum absolute atomic E-state index is 0.230. The van der Waals surface area contributed by atoms with Crippen molar-refractivity contribution < 1.29 is 9.90 Å². The summed E-state index contributed by atoms with van der Waals surface area (Å²) in [6, 6.07) is 1.98. The Morgan fingerprint density at radius 1 is 1.64 bits per heavy atom. The van der Waals surface area contributed by atoms with Gasteiger partial charge in [-0.3, -0.25) is 4.79 Å². The highest BCUT2D eigenvalue weighted by atomic mass is 32.1. The number of hydrogen-bond acceptors (Lipinski definition) is 3. The first-order chi connectivity index (χ1) is 5.29. The SMILES string of the molecule is CC(=O)Cc1ccsc1.CO. The summed E-state index contributed by atoms with van der Waals surface area (Å²) in [7, 11) is 1.00. The summed E-state index contributed by atoms with van der Waals surface area (Å²) >= 11 is 1.63. The van der Waals surface area contributed by atoms with Crippen molar-refractivity contribution in [2.75, 3.05) is 7.11 Å². The van der Waals surface area contributed by atoms with Gasteiger partial charge in [0, 0.05) is 13.5 Å². The van der Waals surface area contributed by atoms with Gasteiger partial charge in [-0.15, -0.1) is 0 Å². The fourth-order valence-corrected chi connectivity index (χ4v) is 1.35. The molecule has 0 fully saturated rings. The van der Waals surface area contributed by atoms with Gasteiger partial charge >= 0.3 is 0 Å². The number of aliphatic hydroxyl groups is 1. The Kier molecular flexibility index (Phi) is 5.70. The topological polar surface area (TPSA) is 37.3 Å². The molecule has 2 nitrogen and oxygen atoms in total. The molecule has 0 aliphatic rings. The van der Waals surface area contributed by atoms with Crippen LogP contribution in [-0.4, -0.2) is 18.0 Å². The largest absolute Gasteiger partial charge is 0.400 e. The van der Waals surface area contributed by atoms with Gasteiger partial charge in [0.2, 0.25) is 0 Å². The van der Waals surface area contributed by atoms with Gasteiger partial charge in [-0.2, -0.15) is 11.3 Å². The number of aliphatic hydroxyl groups excluding tert-OH is 1. The minimum Gasteiger partial charge on any atom is -0.400 e. The maximum absolute atomic E-state index is 10.5. The Labute approximate surface area is 70.5 Å². The lowest BCUT2D eigenvalue weighted by atomic mass is 10.2. The predicted molar refractivity (Wildman–Crippen MR) is 46.8 cm³/mol. The minimum atomic E-state index is 0.230. The van der Waals surface area contributed by atoms with Crippen LogP contribution in [0.3, 0.4) is 0 Å². The number of Topliss-reactive ketones (excluding diaryl/α,β-unsaturated/α-hetero) is 1. The van der Waals surface area contributed by atoms with Crippen molar-refractivity contribution in [1.82, 2.24) is 0 Å². The van der Waals surface area contributed by atoms with Crippen molar-refractivity contribution >= 4 is 17.1 Å². The molecule has 0 saturated carbocycles. The summed E-state index contributed by atoms with van der Waals surface area (Å²) in [5.41, 5.74) is 1.13. The summed E-state index contributed by atoms with van der Waals surface area (Å²) in [5.74, 6) is 0.230. The molecule has 0 bridgehead atoms. The van der Waals surface area contributed by atoms with Crippen LogP contribution < -0.4 is 0 Å². The second kappa shape index (κ2) is 6.07. The normalized spacial score (nSPS) is 8.27. The van der Waals surface area contributed by atoms with E-state index in [0.29, 0.717) is 6.42 Å². The number of ketones is 1. The average Bonchev–Trinajstić information content (AvgIpc) is 2.43. The molecular weight excluding hydrogens is 160 g/mol. The number of thiophene rings is 1. The first-order valence-corrected chi connectivity index (χ1v) is 4.18. The standard InChI is InChI=1S/C7H8OS.CH4O/c1-6(8)4-7-2-3-9-5-7;1-2/h2-3,5H,4H2,1H3;2H,1H3. The molecule has 1 heterocycles. The van der Waals surface area contributed by atoms with Crippen LogP contribution in [0.15, 0.2) is 16.8 Å². The molecule has 62 valence electrons. The number of carbonyl (C=O) groups is 1. The van der Waals surface area contributed by atoms with Crippen molar-refractivity contribution in [1.29, 1.82) is 0 Å². The van der Waals surface area contributed by atoms with Gasteiger partial charge in [0.1, 0.15) is 5.78 Å². The molecule has 1 N–H and O–H groups in total. The lowest BCUT2D eigenvalue weighted by Crippen LogP contribution is -1.92. The number of carbonyl (C=O) groups excluding carboxylic acids is 1. The summed E-state index contributed by atoms with van der Waals surface area (Å²) in [6.45, 7) is 1.61. The van der Waals surface area contributed by atoms with Crippen molar-refractivity contribution in [2.24, 2.45) is 0 Å². The predicted octanol–water partition coefficient (Wildman–Crippen LogP) is 1.49. The lowest BCUT2D eigenvalue weighted by Gasteiger charge is -1.86. The zero-order valence-corrected chi connectivity index (χ0v) is 7.52. The van der Waals surface area contributed by atoms with Crippen LogP contribution in [-0.2, 0) is 11.2 Å². The number of hydrogen-bond donors (Lipinski definition) is 1. The van der Waals surface area contributed by atoms with Gasteiger partial charge in [0.25, 0.3) is 0 Å². The average molecular weight is 172 g/mol. The quantitative estimate of drug-likeness (QED) is 0.733. The molecule has 0 amide bonds. The zero-order chi connectivity index (χ0) is 8.69. The Balaban J connectivity index is 0.000000461. The van der Waals surface area contributed by atoms with E-state index in [1.807, 2.05) is 16.8 Å². The third-order valence-corrected chi connectivity index (χ3v) is 1.77. The molecule has 0 aliphatic carbocycles. The molecule has 0 atom stereocenters. The maximum atomic E-state index is 10.5. The van der Waals surface area contributed by atoms with Crippen LogP contribution in [0.5, 0.6) is 0 Å². The van der Waals surface area contributed by atoms with Crippen LogP contribution in [0.1, 0.15) is 12.5 Å². The fourth-order valence-electron chi connectivity index (χ4n) is 0.681. The van der Waals surface area contributed by atoms with Gasteiger partial charge < -0.3 is 5.11 Å². The maximum Gasteiger partial charge on any atom is 0.134 e. The molecule has 0 aromatic carbocycles. The van der Waals surface area contributed by atoms with Crippen LogP contribution >= 0.6 is 11.3 Å². The van der Waals surface area contributed by atoms with E-state index in [4.69, 9.17) is 5.11 Å². The highest BCUT2D eigenvalue weighted by Gasteiger charge is 1.95. The van der Waals surface area contributed by atoms with E-state index >= 15 is 0 Å². The van der Waals surface area contributed by atoms with E-state index in [9.17, 15) is 4.79 Å². The van der Waals surface area contributed by atoms with E-state index in [1.54, 1.807) is 18.3 Å². The van der Waals surface area contributed by atoms with Gasteiger partial charge in [0.15, 0.2) is 0 Å². The molecule has 0 unspecified atom stereocenters. The van der Waals surface area contributed by atoms with Crippen molar-refractivity contribution in [3.8, 4) is 0 Å². The molecule has 0 aliphatic heterocycles. The molecule has 3 heteroatoms. The van der Waals surface area contributed by atoms with Crippen LogP contribution in [0.2, 0.25) is 0 Å². The van der Waals surface area contributed by atoms with E-state index in [2.05, 4.69) is 0 Å². The Hall–Kier alpha value is -0.670. The van der Waals surface area contributed by atoms with Gasteiger partial charge in [0.05, 0.1) is 0 Å². The Bertz CT molecular complexity index is 192. The molecular formula is C8H12O2S. The monoisotopic (exact) mass is 172 g/mol. The Morgan fingerprint density at radius 3 is 2.64 bits per heavy atom. The summed E-state index contributed by atoms with van der Waals surface area (Å²) < 4.78 is 0. The smallest absolute Gasteiger partial charge is 0.134 e. The molecule has 0 radical (unpaired) electrons. The first-order valence-electron chi connectivity index (χ1n) is 3.24. The van der Waals surface area contributed by atoms with Gasteiger partial charge in [-0.05, 0) is 29.3 Å². The molecule has 11 heavy (non-hydrogen) atoms. The Morgan fingerprint density at radius 2 is 2.27 bits per heavy atom. The summed E-state index contributed by atoms with van der Waals surface area (Å²) in [5, 5.41) is 11.0. The molecule has 1 aromatic heterocycles. The number of rotatable bonds is 2. The molecule has 1 rings (SSSR count). The first kappa shape index (κ1) is 10.3. The van der Waals surface area contributed by atoms with E-state index < -0.39 is 0 Å². The second-order valence-electron chi connectivity index (χ2n) is 2.01. The highest BCUT2D eigenvalue weighted by Crippen LogP contribution is 2.06. The van der Waals surface area contributed by atoms with E-state index in [-0.39, 0.29) is 5.78 Å². The third-order valence-electron chi connectivity index (χ3n) is 1.03. The van der Waals surface area contributed by atoms with Crippen molar-refractivity contribution in [3.05, 3.63) is 22.4 Å². The van der Waals surface area contributed by atoms with Crippen LogP contribution in [0, 0.1) is 0 Å². The molecule has 1 aromatic rings. The molecule has 0 spiro atoms. The third kappa shape index (κ3) is 4.70. The summed E-state index contributed by atoms with van der Waals surface area (Å²) in [6.07, 6.45) is 0.587.